The van der Waals surface area contributed by atoms with E-state index in [1.807, 2.05) is 48.5 Å². The third kappa shape index (κ3) is 2.31. The van der Waals surface area contributed by atoms with E-state index in [0.717, 1.165) is 36.4 Å². The maximum Gasteiger partial charge on any atom is 0.250 e. The van der Waals surface area contributed by atoms with Gasteiger partial charge in [0.05, 0.1) is 13.0 Å². The largest absolute Gasteiger partial charge is 0.497 e. The molecule has 0 radical (unpaired) electrons. The molecule has 2 aromatic rings. The molecule has 6 nitrogen and oxygen atoms in total. The van der Waals surface area contributed by atoms with Gasteiger partial charge >= 0.3 is 0 Å². The van der Waals surface area contributed by atoms with Crippen LogP contribution in [0.5, 0.6) is 5.75 Å². The van der Waals surface area contributed by atoms with Crippen LogP contribution >= 0.6 is 0 Å². The van der Waals surface area contributed by atoms with Crippen LogP contribution in [0.2, 0.25) is 0 Å². The number of hydrogen-bond acceptors (Lipinski definition) is 4. The Morgan fingerprint density at radius 3 is 2.79 bits per heavy atom. The molecule has 0 aromatic heterocycles. The van der Waals surface area contributed by atoms with Crippen LogP contribution in [0.3, 0.4) is 0 Å². The molecule has 0 bridgehead atoms. The summed E-state index contributed by atoms with van der Waals surface area (Å²) in [5, 5.41) is 6.06. The molecule has 3 aliphatic heterocycles. The number of carbonyl (C=O) groups excluding carboxylic acids is 2. The molecule has 5 rings (SSSR count). The molecule has 0 unspecified atom stereocenters. The zero-order valence-electron chi connectivity index (χ0n) is 15.8. The average Bonchev–Trinajstić information content (AvgIpc) is 3.37. The fourth-order valence-corrected chi connectivity index (χ4v) is 5.28. The minimum atomic E-state index is -0.908. The summed E-state index contributed by atoms with van der Waals surface area (Å²) in [7, 11) is 1.61. The second kappa shape index (κ2) is 6.34. The molecule has 2 N–H and O–H groups in total. The van der Waals surface area contributed by atoms with Crippen molar-refractivity contribution in [2.75, 3.05) is 24.3 Å². The number of amides is 2. The van der Waals surface area contributed by atoms with Gasteiger partial charge in [-0.15, -0.1) is 0 Å². The minimum Gasteiger partial charge on any atom is -0.497 e. The summed E-state index contributed by atoms with van der Waals surface area (Å²) in [4.78, 5) is 28.9. The van der Waals surface area contributed by atoms with E-state index in [9.17, 15) is 9.59 Å². The third-order valence-electron chi connectivity index (χ3n) is 6.45. The Bertz CT molecular complexity index is 942. The quantitative estimate of drug-likeness (QED) is 0.863. The highest BCUT2D eigenvalue weighted by Gasteiger charge is 2.65. The first-order valence-electron chi connectivity index (χ1n) is 9.77. The number of nitrogens with zero attached hydrogens (tertiary/aromatic N) is 1. The standard InChI is InChI=1S/C22H23N3O3/c1-28-16-10-8-14(9-11-16)23-20(26)18-13-15-5-4-12-25(15)22(18)17-6-2-3-7-19(17)24-21(22)27/h2-3,6-11,15,18H,4-5,12-13H2,1H3,(H,23,26)(H,24,27)/t15-,18+,22-/m0/s1. The van der Waals surface area contributed by atoms with E-state index in [0.29, 0.717) is 12.1 Å². The van der Waals surface area contributed by atoms with Crippen molar-refractivity contribution in [1.29, 1.82) is 0 Å². The number of fused-ring (bicyclic) bond motifs is 4. The molecule has 3 atom stereocenters. The van der Waals surface area contributed by atoms with E-state index >= 15 is 0 Å². The lowest BCUT2D eigenvalue weighted by Gasteiger charge is -2.36. The molecule has 144 valence electrons. The summed E-state index contributed by atoms with van der Waals surface area (Å²) >= 11 is 0. The number of benzene rings is 2. The molecule has 2 saturated heterocycles. The SMILES string of the molecule is COc1ccc(NC(=O)[C@H]2C[C@@H]3CCCN3[C@]23C(=O)Nc2ccccc23)cc1. The Kier molecular flexibility index (Phi) is 3.91. The summed E-state index contributed by atoms with van der Waals surface area (Å²) in [5.74, 6) is 0.128. The zero-order chi connectivity index (χ0) is 19.3. The van der Waals surface area contributed by atoms with Crippen LogP contribution in [-0.2, 0) is 15.1 Å². The first-order chi connectivity index (χ1) is 13.6. The molecule has 3 aliphatic rings. The van der Waals surface area contributed by atoms with Gasteiger partial charge in [0.25, 0.3) is 0 Å². The number of anilines is 2. The lowest BCUT2D eigenvalue weighted by atomic mass is 9.78. The molecule has 2 amide bonds. The monoisotopic (exact) mass is 377 g/mol. The summed E-state index contributed by atoms with van der Waals surface area (Å²) in [6, 6.07) is 15.3. The van der Waals surface area contributed by atoms with Crippen LogP contribution in [-0.4, -0.2) is 36.4 Å². The van der Waals surface area contributed by atoms with Gasteiger partial charge < -0.3 is 15.4 Å². The molecule has 3 heterocycles. The van der Waals surface area contributed by atoms with Crippen LogP contribution in [0.4, 0.5) is 11.4 Å². The van der Waals surface area contributed by atoms with Gasteiger partial charge in [-0.05, 0) is 56.1 Å². The average molecular weight is 377 g/mol. The van der Waals surface area contributed by atoms with E-state index in [1.165, 1.54) is 0 Å². The number of carbonyl (C=O) groups is 2. The fraction of sp³-hybridized carbons (Fsp3) is 0.364. The van der Waals surface area contributed by atoms with E-state index in [-0.39, 0.29) is 17.9 Å². The van der Waals surface area contributed by atoms with Gasteiger partial charge in [-0.1, -0.05) is 18.2 Å². The number of ether oxygens (including phenoxy) is 1. The Morgan fingerprint density at radius 2 is 2.00 bits per heavy atom. The molecule has 6 heteroatoms. The highest BCUT2D eigenvalue weighted by atomic mass is 16.5. The molecule has 2 fully saturated rings. The van der Waals surface area contributed by atoms with Gasteiger partial charge in [-0.3, -0.25) is 14.5 Å². The van der Waals surface area contributed by atoms with Crippen molar-refractivity contribution in [3.8, 4) is 5.75 Å². The highest BCUT2D eigenvalue weighted by Crippen LogP contribution is 2.55. The van der Waals surface area contributed by atoms with E-state index in [4.69, 9.17) is 4.74 Å². The fourth-order valence-electron chi connectivity index (χ4n) is 5.28. The number of para-hydroxylation sites is 1. The van der Waals surface area contributed by atoms with Gasteiger partial charge in [0.1, 0.15) is 11.3 Å². The number of hydrogen-bond donors (Lipinski definition) is 2. The molecule has 28 heavy (non-hydrogen) atoms. The molecule has 0 saturated carbocycles. The molecule has 2 aromatic carbocycles. The molecule has 0 aliphatic carbocycles. The van der Waals surface area contributed by atoms with Crippen LogP contribution in [0.25, 0.3) is 0 Å². The topological polar surface area (TPSA) is 70.7 Å². The lowest BCUT2D eigenvalue weighted by Crippen LogP contribution is -2.53. The summed E-state index contributed by atoms with van der Waals surface area (Å²) < 4.78 is 5.18. The maximum absolute atomic E-state index is 13.4. The van der Waals surface area contributed by atoms with Crippen LogP contribution < -0.4 is 15.4 Å². The number of rotatable bonds is 3. The van der Waals surface area contributed by atoms with Crippen molar-refractivity contribution in [3.05, 3.63) is 54.1 Å². The van der Waals surface area contributed by atoms with Gasteiger partial charge in [0.2, 0.25) is 11.8 Å². The predicted octanol–water partition coefficient (Wildman–Crippen LogP) is 2.97. The Balaban J connectivity index is 1.53. The number of methoxy groups -OCH3 is 1. The maximum atomic E-state index is 13.4. The van der Waals surface area contributed by atoms with Crippen molar-refractivity contribution in [2.45, 2.75) is 30.8 Å². The van der Waals surface area contributed by atoms with E-state index in [2.05, 4.69) is 15.5 Å². The summed E-state index contributed by atoms with van der Waals surface area (Å²) in [6.07, 6.45) is 2.79. The Hall–Kier alpha value is -2.86. The lowest BCUT2D eigenvalue weighted by molar-refractivity contribution is -0.135. The van der Waals surface area contributed by atoms with Crippen LogP contribution in [0.15, 0.2) is 48.5 Å². The minimum absolute atomic E-state index is 0.0759. The first kappa shape index (κ1) is 17.3. The van der Waals surface area contributed by atoms with Crippen molar-refractivity contribution >= 4 is 23.2 Å². The highest BCUT2D eigenvalue weighted by molar-refractivity contribution is 6.10. The Labute approximate surface area is 163 Å². The van der Waals surface area contributed by atoms with Gasteiger partial charge in [-0.25, -0.2) is 0 Å². The van der Waals surface area contributed by atoms with Crippen molar-refractivity contribution < 1.29 is 14.3 Å². The van der Waals surface area contributed by atoms with Crippen molar-refractivity contribution in [3.63, 3.8) is 0 Å². The van der Waals surface area contributed by atoms with Crippen LogP contribution in [0.1, 0.15) is 24.8 Å². The summed E-state index contributed by atoms with van der Waals surface area (Å²) in [5.41, 5.74) is 1.55. The zero-order valence-corrected chi connectivity index (χ0v) is 15.8. The van der Waals surface area contributed by atoms with E-state index < -0.39 is 11.5 Å². The molecular weight excluding hydrogens is 354 g/mol. The Morgan fingerprint density at radius 1 is 1.21 bits per heavy atom. The van der Waals surface area contributed by atoms with Crippen molar-refractivity contribution in [2.24, 2.45) is 5.92 Å². The van der Waals surface area contributed by atoms with E-state index in [1.54, 1.807) is 7.11 Å². The predicted molar refractivity (Wildman–Crippen MR) is 106 cm³/mol. The second-order valence-corrected chi connectivity index (χ2v) is 7.76. The number of nitrogens with one attached hydrogen (secondary N) is 2. The van der Waals surface area contributed by atoms with Gasteiger partial charge in [0.15, 0.2) is 0 Å². The summed E-state index contributed by atoms with van der Waals surface area (Å²) in [6.45, 7) is 0.846. The normalized spacial score (nSPS) is 28.1. The molecule has 1 spiro atoms. The first-order valence-corrected chi connectivity index (χ1v) is 9.77. The second-order valence-electron chi connectivity index (χ2n) is 7.76. The molecular formula is C22H23N3O3. The smallest absolute Gasteiger partial charge is 0.250 e. The van der Waals surface area contributed by atoms with Crippen LogP contribution in [0, 0.1) is 5.92 Å². The van der Waals surface area contributed by atoms with Gasteiger partial charge in [0, 0.05) is 23.0 Å². The van der Waals surface area contributed by atoms with Gasteiger partial charge in [-0.2, -0.15) is 0 Å². The van der Waals surface area contributed by atoms with Crippen molar-refractivity contribution in [1.82, 2.24) is 4.90 Å². The third-order valence-corrected chi connectivity index (χ3v) is 6.45.